The van der Waals surface area contributed by atoms with E-state index in [1.165, 1.54) is 18.2 Å². The zero-order chi connectivity index (χ0) is 22.8. The van der Waals surface area contributed by atoms with E-state index in [1.807, 2.05) is 0 Å². The van der Waals surface area contributed by atoms with E-state index in [4.69, 9.17) is 14.9 Å². The van der Waals surface area contributed by atoms with Crippen LogP contribution in [-0.2, 0) is 7.05 Å². The van der Waals surface area contributed by atoms with Crippen LogP contribution in [0.5, 0.6) is 11.5 Å². The predicted molar refractivity (Wildman–Crippen MR) is 118 cm³/mol. The summed E-state index contributed by atoms with van der Waals surface area (Å²) in [6.45, 7) is -0.930. The summed E-state index contributed by atoms with van der Waals surface area (Å²) < 4.78 is 43.1. The summed E-state index contributed by atoms with van der Waals surface area (Å²) in [6.07, 6.45) is 3.76. The van der Waals surface area contributed by atoms with Crippen molar-refractivity contribution < 1.29 is 27.5 Å². The van der Waals surface area contributed by atoms with Crippen LogP contribution in [0.4, 0.5) is 14.6 Å². The summed E-state index contributed by atoms with van der Waals surface area (Å²) >= 11 is 0. The van der Waals surface area contributed by atoms with Crippen LogP contribution in [-0.4, -0.2) is 33.9 Å². The van der Waals surface area contributed by atoms with Crippen molar-refractivity contribution in [1.29, 1.82) is 0 Å². The van der Waals surface area contributed by atoms with E-state index in [0.717, 1.165) is 12.8 Å². The number of carbonyl (C=O) groups is 1. The Labute approximate surface area is 194 Å². The number of nitrogens with two attached hydrogens (primary N) is 1. The maximum atomic E-state index is 12.8. The first kappa shape index (κ1) is 24.5. The molecule has 4 rings (SSSR count). The molecule has 12 heteroatoms. The summed E-state index contributed by atoms with van der Waals surface area (Å²) in [6, 6.07) is 5.37. The molecule has 9 nitrogen and oxygen atoms in total. The van der Waals surface area contributed by atoms with Gasteiger partial charge in [0.1, 0.15) is 0 Å². The molecule has 2 heterocycles. The summed E-state index contributed by atoms with van der Waals surface area (Å²) in [5.41, 5.74) is 6.41. The van der Waals surface area contributed by atoms with Crippen LogP contribution in [0.15, 0.2) is 34.9 Å². The van der Waals surface area contributed by atoms with Crippen molar-refractivity contribution in [3.63, 3.8) is 0 Å². The van der Waals surface area contributed by atoms with Gasteiger partial charge in [-0.25, -0.2) is 4.98 Å². The number of hydrogen-bond acceptors (Lipinski definition) is 7. The Bertz CT molecular complexity index is 1110. The average Bonchev–Trinajstić information content (AvgIpc) is 3.30. The summed E-state index contributed by atoms with van der Waals surface area (Å²) in [4.78, 5) is 17.1. The molecular formula is C21H24ClF2N5O4. The molecule has 1 unspecified atom stereocenters. The van der Waals surface area contributed by atoms with Crippen molar-refractivity contribution in [3.8, 4) is 23.0 Å². The van der Waals surface area contributed by atoms with Gasteiger partial charge in [0.15, 0.2) is 28.8 Å². The number of halogens is 3. The molecule has 0 spiro atoms. The first-order chi connectivity index (χ1) is 15.3. The molecule has 0 saturated heterocycles. The smallest absolute Gasteiger partial charge is 0.387 e. The molecule has 178 valence electrons. The van der Waals surface area contributed by atoms with Gasteiger partial charge in [0.2, 0.25) is 5.89 Å². The number of anilines is 1. The van der Waals surface area contributed by atoms with E-state index in [9.17, 15) is 13.6 Å². The number of alkyl halides is 2. The van der Waals surface area contributed by atoms with E-state index in [2.05, 4.69) is 20.1 Å². The van der Waals surface area contributed by atoms with Crippen molar-refractivity contribution >= 4 is 24.1 Å². The lowest BCUT2D eigenvalue weighted by molar-refractivity contribution is -0.0515. The van der Waals surface area contributed by atoms with Gasteiger partial charge in [0, 0.05) is 24.9 Å². The number of amides is 1. The highest BCUT2D eigenvalue weighted by Crippen LogP contribution is 2.37. The standard InChI is InChI=1S/C21H23F2N5O4.ClH/c1-11(24)18-17(19(29)25-16-7-8-28(2)27-16)26-20(32-18)13-5-6-14(31-21(22)23)15(9-13)30-10-12-3-4-12;/h5-9,11-12,21H,3-4,10,24H2,1-2H3,(H,25,27,29);1H. The summed E-state index contributed by atoms with van der Waals surface area (Å²) in [5, 5.41) is 6.75. The molecule has 3 aromatic rings. The highest BCUT2D eigenvalue weighted by Gasteiger charge is 2.26. The second-order valence-corrected chi connectivity index (χ2v) is 7.64. The third-order valence-electron chi connectivity index (χ3n) is 4.82. The van der Waals surface area contributed by atoms with Crippen LogP contribution in [0.2, 0.25) is 0 Å². The second kappa shape index (κ2) is 10.2. The molecule has 1 fully saturated rings. The molecular weight excluding hydrogens is 460 g/mol. The minimum Gasteiger partial charge on any atom is -0.489 e. The Morgan fingerprint density at radius 3 is 2.70 bits per heavy atom. The Hall–Kier alpha value is -3.18. The SMILES string of the molecule is CC(N)c1oc(-c2ccc(OC(F)F)c(OCC3CC3)c2)nc1C(=O)Nc1ccn(C)n1.Cl. The normalized spacial score (nSPS) is 14.0. The van der Waals surface area contributed by atoms with Gasteiger partial charge in [-0.05, 0) is 43.9 Å². The van der Waals surface area contributed by atoms with E-state index < -0.39 is 18.6 Å². The maximum absolute atomic E-state index is 12.8. The third kappa shape index (κ3) is 5.99. The van der Waals surface area contributed by atoms with Crippen molar-refractivity contribution in [2.75, 3.05) is 11.9 Å². The zero-order valence-corrected chi connectivity index (χ0v) is 18.8. The van der Waals surface area contributed by atoms with E-state index in [0.29, 0.717) is 23.9 Å². The van der Waals surface area contributed by atoms with Gasteiger partial charge in [0.25, 0.3) is 5.91 Å². The largest absolute Gasteiger partial charge is 0.489 e. The third-order valence-corrected chi connectivity index (χ3v) is 4.82. The Balaban J connectivity index is 0.00000306. The maximum Gasteiger partial charge on any atom is 0.387 e. The molecule has 1 atom stereocenters. The predicted octanol–water partition coefficient (Wildman–Crippen LogP) is 4.16. The van der Waals surface area contributed by atoms with E-state index in [-0.39, 0.29) is 41.3 Å². The fourth-order valence-corrected chi connectivity index (χ4v) is 3.02. The molecule has 1 aliphatic rings. The zero-order valence-electron chi connectivity index (χ0n) is 18.0. The quantitative estimate of drug-likeness (QED) is 0.469. The second-order valence-electron chi connectivity index (χ2n) is 7.64. The molecule has 3 N–H and O–H groups in total. The van der Waals surface area contributed by atoms with Crippen LogP contribution in [0, 0.1) is 5.92 Å². The number of benzene rings is 1. The first-order valence-corrected chi connectivity index (χ1v) is 10.1. The minimum atomic E-state index is -2.99. The van der Waals surface area contributed by atoms with Crippen LogP contribution in [0.25, 0.3) is 11.5 Å². The highest BCUT2D eigenvalue weighted by molar-refractivity contribution is 6.03. The fourth-order valence-electron chi connectivity index (χ4n) is 3.02. The van der Waals surface area contributed by atoms with Crippen LogP contribution < -0.4 is 20.5 Å². The van der Waals surface area contributed by atoms with Crippen molar-refractivity contribution in [2.24, 2.45) is 18.7 Å². The lowest BCUT2D eigenvalue weighted by atomic mass is 10.2. The minimum absolute atomic E-state index is 0. The molecule has 1 saturated carbocycles. The summed E-state index contributed by atoms with van der Waals surface area (Å²) in [7, 11) is 1.72. The van der Waals surface area contributed by atoms with Gasteiger partial charge in [-0.15, -0.1) is 12.4 Å². The number of aromatic nitrogens is 3. The van der Waals surface area contributed by atoms with E-state index in [1.54, 1.807) is 30.9 Å². The van der Waals surface area contributed by atoms with Crippen molar-refractivity contribution in [2.45, 2.75) is 32.4 Å². The van der Waals surface area contributed by atoms with Crippen molar-refractivity contribution in [1.82, 2.24) is 14.8 Å². The number of aryl methyl sites for hydroxylation is 1. The Morgan fingerprint density at radius 2 is 2.09 bits per heavy atom. The first-order valence-electron chi connectivity index (χ1n) is 10.1. The molecule has 0 bridgehead atoms. The van der Waals surface area contributed by atoms with Crippen molar-refractivity contribution in [3.05, 3.63) is 41.9 Å². The topological polar surface area (TPSA) is 117 Å². The van der Waals surface area contributed by atoms with Gasteiger partial charge in [-0.2, -0.15) is 13.9 Å². The van der Waals surface area contributed by atoms with Gasteiger partial charge in [0.05, 0.1) is 12.6 Å². The van der Waals surface area contributed by atoms with Gasteiger partial charge in [-0.3, -0.25) is 9.48 Å². The highest BCUT2D eigenvalue weighted by atomic mass is 35.5. The molecule has 0 aliphatic heterocycles. The molecule has 1 aliphatic carbocycles. The number of oxazole rings is 1. The number of carbonyl (C=O) groups excluding carboxylic acids is 1. The molecule has 2 aromatic heterocycles. The molecule has 33 heavy (non-hydrogen) atoms. The lowest BCUT2D eigenvalue weighted by Gasteiger charge is -2.12. The number of nitrogens with zero attached hydrogens (tertiary/aromatic N) is 3. The monoisotopic (exact) mass is 483 g/mol. The summed E-state index contributed by atoms with van der Waals surface area (Å²) in [5.74, 6) is 0.568. The van der Waals surface area contributed by atoms with E-state index >= 15 is 0 Å². The Kier molecular flexibility index (Phi) is 7.54. The fraction of sp³-hybridized carbons (Fsp3) is 0.381. The number of hydrogen-bond donors (Lipinski definition) is 2. The molecule has 1 amide bonds. The number of ether oxygens (including phenoxy) is 2. The lowest BCUT2D eigenvalue weighted by Crippen LogP contribution is -2.17. The average molecular weight is 484 g/mol. The molecule has 1 aromatic carbocycles. The van der Waals surface area contributed by atoms with Gasteiger partial charge >= 0.3 is 6.61 Å². The van der Waals surface area contributed by atoms with Crippen LogP contribution in [0.3, 0.4) is 0 Å². The van der Waals surface area contributed by atoms with Gasteiger partial charge < -0.3 is 24.9 Å². The molecule has 0 radical (unpaired) electrons. The van der Waals surface area contributed by atoms with Crippen LogP contribution in [0.1, 0.15) is 42.1 Å². The number of rotatable bonds is 9. The van der Waals surface area contributed by atoms with Crippen LogP contribution >= 0.6 is 12.4 Å². The number of nitrogens with one attached hydrogen (secondary N) is 1. The van der Waals surface area contributed by atoms with Gasteiger partial charge in [-0.1, -0.05) is 0 Å². The Morgan fingerprint density at radius 1 is 1.33 bits per heavy atom.